The van der Waals surface area contributed by atoms with Gasteiger partial charge in [0.1, 0.15) is 5.82 Å². The molecular weight excluding hydrogens is 310 g/mol. The smallest absolute Gasteiger partial charge is 0.137 e. The van der Waals surface area contributed by atoms with E-state index in [2.05, 4.69) is 45.3 Å². The van der Waals surface area contributed by atoms with Gasteiger partial charge in [-0.2, -0.15) is 5.10 Å². The number of halogens is 1. The number of nitrogen functional groups attached to an aromatic ring is 1. The number of thioether (sulfide) groups is 1. The first-order chi connectivity index (χ1) is 8.68. The van der Waals surface area contributed by atoms with E-state index in [0.29, 0.717) is 0 Å². The number of nitrogens with zero attached hydrogens (tertiary/aromatic N) is 2. The molecule has 0 fully saturated rings. The largest absolute Gasteiger partial charge is 0.383 e. The van der Waals surface area contributed by atoms with Crippen molar-refractivity contribution < 1.29 is 0 Å². The number of hydrogen-bond donors (Lipinski definition) is 1. The molecule has 1 aromatic carbocycles. The van der Waals surface area contributed by atoms with Crippen LogP contribution in [-0.2, 0) is 0 Å². The number of aryl methyl sites for hydroxylation is 1. The number of anilines is 1. The predicted molar refractivity (Wildman–Crippen MR) is 79.0 cm³/mol. The van der Waals surface area contributed by atoms with Gasteiger partial charge in [-0.25, -0.2) is 4.68 Å². The van der Waals surface area contributed by atoms with Gasteiger partial charge < -0.3 is 5.73 Å². The molecule has 0 bridgehead atoms. The third-order valence-electron chi connectivity index (χ3n) is 3.27. The van der Waals surface area contributed by atoms with Gasteiger partial charge in [0, 0.05) is 10.6 Å². The number of nitrogens with two attached hydrogens (primary N) is 1. The first-order valence-electron chi connectivity index (χ1n) is 5.90. The molecule has 0 amide bonds. The molecule has 2 aromatic rings. The van der Waals surface area contributed by atoms with Crippen molar-refractivity contribution in [3.05, 3.63) is 40.0 Å². The van der Waals surface area contributed by atoms with Crippen molar-refractivity contribution in [2.45, 2.75) is 24.3 Å². The Morgan fingerprint density at radius 1 is 1.44 bits per heavy atom. The molecule has 18 heavy (non-hydrogen) atoms. The average Bonchev–Trinajstić information content (AvgIpc) is 2.66. The molecule has 3 rings (SSSR count). The topological polar surface area (TPSA) is 43.8 Å². The minimum Gasteiger partial charge on any atom is -0.383 e. The normalized spacial score (nSPS) is 18.7. The molecule has 5 heteroatoms. The van der Waals surface area contributed by atoms with Crippen LogP contribution >= 0.6 is 27.7 Å². The van der Waals surface area contributed by atoms with Crippen molar-refractivity contribution in [1.29, 1.82) is 0 Å². The summed E-state index contributed by atoms with van der Waals surface area (Å²) in [5, 5.41) is 4.57. The van der Waals surface area contributed by atoms with Crippen LogP contribution in [0.15, 0.2) is 33.6 Å². The highest BCUT2D eigenvalue weighted by atomic mass is 79.9. The second-order valence-electron chi connectivity index (χ2n) is 4.42. The lowest BCUT2D eigenvalue weighted by atomic mass is 10.0. The van der Waals surface area contributed by atoms with E-state index in [0.717, 1.165) is 28.2 Å². The maximum absolute atomic E-state index is 6.14. The fourth-order valence-electron chi connectivity index (χ4n) is 2.36. The summed E-state index contributed by atoms with van der Waals surface area (Å²) in [6.07, 6.45) is 1.07. The molecule has 3 nitrogen and oxygen atoms in total. The summed E-state index contributed by atoms with van der Waals surface area (Å²) in [6.45, 7) is 1.97. The average molecular weight is 324 g/mol. The summed E-state index contributed by atoms with van der Waals surface area (Å²) >= 11 is 5.40. The zero-order valence-corrected chi connectivity index (χ0v) is 12.5. The lowest BCUT2D eigenvalue weighted by Gasteiger charge is -2.26. The van der Waals surface area contributed by atoms with Crippen LogP contribution in [0.2, 0.25) is 0 Å². The maximum atomic E-state index is 6.14. The summed E-state index contributed by atoms with van der Waals surface area (Å²) in [7, 11) is 0. The van der Waals surface area contributed by atoms with E-state index in [9.17, 15) is 0 Å². The van der Waals surface area contributed by atoms with Crippen molar-refractivity contribution in [1.82, 2.24) is 9.78 Å². The Morgan fingerprint density at radius 2 is 2.22 bits per heavy atom. The fraction of sp³-hybridized carbons (Fsp3) is 0.308. The summed E-state index contributed by atoms with van der Waals surface area (Å²) < 4.78 is 2.87. The highest BCUT2D eigenvalue weighted by Gasteiger charge is 2.25. The SMILES string of the molecule is Cc1nn(C2CCSc3ccccc32)c(N)c1Br. The Morgan fingerprint density at radius 3 is 2.94 bits per heavy atom. The third kappa shape index (κ3) is 1.86. The van der Waals surface area contributed by atoms with Crippen molar-refractivity contribution in [2.75, 3.05) is 11.5 Å². The Labute approximate surface area is 119 Å². The van der Waals surface area contributed by atoms with Crippen molar-refractivity contribution >= 4 is 33.5 Å². The van der Waals surface area contributed by atoms with Gasteiger partial charge in [0.2, 0.25) is 0 Å². The number of rotatable bonds is 1. The van der Waals surface area contributed by atoms with Crippen LogP contribution in [0.5, 0.6) is 0 Å². The highest BCUT2D eigenvalue weighted by Crippen LogP contribution is 2.40. The molecule has 0 aliphatic carbocycles. The zero-order valence-electron chi connectivity index (χ0n) is 10.1. The quantitative estimate of drug-likeness (QED) is 0.871. The van der Waals surface area contributed by atoms with Gasteiger partial charge in [-0.3, -0.25) is 0 Å². The lowest BCUT2D eigenvalue weighted by molar-refractivity contribution is 0.504. The summed E-state index contributed by atoms with van der Waals surface area (Å²) in [5.74, 6) is 1.83. The van der Waals surface area contributed by atoms with Crippen LogP contribution < -0.4 is 5.73 Å². The van der Waals surface area contributed by atoms with Crippen LogP contribution in [-0.4, -0.2) is 15.5 Å². The van der Waals surface area contributed by atoms with Crippen LogP contribution in [0.25, 0.3) is 0 Å². The van der Waals surface area contributed by atoms with E-state index in [1.807, 2.05) is 23.4 Å². The first-order valence-corrected chi connectivity index (χ1v) is 7.68. The molecule has 1 aliphatic rings. The van der Waals surface area contributed by atoms with E-state index in [1.54, 1.807) is 0 Å². The molecular formula is C13H14BrN3S. The summed E-state index contributed by atoms with van der Waals surface area (Å²) in [4.78, 5) is 1.34. The van der Waals surface area contributed by atoms with Crippen LogP contribution in [0.1, 0.15) is 23.7 Å². The molecule has 0 saturated heterocycles. The van der Waals surface area contributed by atoms with Crippen molar-refractivity contribution in [2.24, 2.45) is 0 Å². The number of hydrogen-bond acceptors (Lipinski definition) is 3. The van der Waals surface area contributed by atoms with Gasteiger partial charge in [-0.1, -0.05) is 18.2 Å². The van der Waals surface area contributed by atoms with E-state index < -0.39 is 0 Å². The molecule has 0 saturated carbocycles. The highest BCUT2D eigenvalue weighted by molar-refractivity contribution is 9.10. The first kappa shape index (κ1) is 12.1. The Kier molecular flexibility index (Phi) is 3.11. The summed E-state index contributed by atoms with van der Waals surface area (Å²) in [5.41, 5.74) is 8.41. The second-order valence-corrected chi connectivity index (χ2v) is 6.35. The Hall–Kier alpha value is -0.940. The Bertz CT molecular complexity index is 594. The predicted octanol–water partition coefficient (Wildman–Crippen LogP) is 3.62. The standard InChI is InChI=1S/C13H14BrN3S/c1-8-12(14)13(15)17(16-8)10-6-7-18-11-5-3-2-4-9(10)11/h2-5,10H,6-7,15H2,1H3. The Balaban J connectivity index is 2.11. The lowest BCUT2D eigenvalue weighted by Crippen LogP contribution is -2.18. The molecule has 2 N–H and O–H groups in total. The van der Waals surface area contributed by atoms with Gasteiger partial charge >= 0.3 is 0 Å². The molecule has 0 spiro atoms. The van der Waals surface area contributed by atoms with Crippen LogP contribution in [0, 0.1) is 6.92 Å². The van der Waals surface area contributed by atoms with Crippen LogP contribution in [0.3, 0.4) is 0 Å². The van der Waals surface area contributed by atoms with Crippen molar-refractivity contribution in [3.8, 4) is 0 Å². The number of aromatic nitrogens is 2. The van der Waals surface area contributed by atoms with Gasteiger partial charge in [-0.05, 0) is 40.9 Å². The van der Waals surface area contributed by atoms with Gasteiger partial charge in [0.25, 0.3) is 0 Å². The fourth-order valence-corrected chi connectivity index (χ4v) is 3.73. The number of benzene rings is 1. The van der Waals surface area contributed by atoms with E-state index in [1.165, 1.54) is 10.5 Å². The van der Waals surface area contributed by atoms with Crippen LogP contribution in [0.4, 0.5) is 5.82 Å². The van der Waals surface area contributed by atoms with Gasteiger partial charge in [0.05, 0.1) is 16.2 Å². The van der Waals surface area contributed by atoms with E-state index in [-0.39, 0.29) is 6.04 Å². The monoisotopic (exact) mass is 323 g/mol. The third-order valence-corrected chi connectivity index (χ3v) is 5.37. The minimum absolute atomic E-state index is 0.257. The van der Waals surface area contributed by atoms with E-state index in [4.69, 9.17) is 5.73 Å². The molecule has 1 unspecified atom stereocenters. The van der Waals surface area contributed by atoms with Gasteiger partial charge in [0.15, 0.2) is 0 Å². The molecule has 2 heterocycles. The number of fused-ring (bicyclic) bond motifs is 1. The van der Waals surface area contributed by atoms with Crippen molar-refractivity contribution in [3.63, 3.8) is 0 Å². The van der Waals surface area contributed by atoms with E-state index >= 15 is 0 Å². The van der Waals surface area contributed by atoms with Gasteiger partial charge in [-0.15, -0.1) is 11.8 Å². The summed E-state index contributed by atoms with van der Waals surface area (Å²) in [6, 6.07) is 8.78. The zero-order chi connectivity index (χ0) is 12.7. The maximum Gasteiger partial charge on any atom is 0.137 e. The molecule has 1 atom stereocenters. The molecule has 1 aliphatic heterocycles. The minimum atomic E-state index is 0.257. The molecule has 94 valence electrons. The molecule has 0 radical (unpaired) electrons. The second kappa shape index (κ2) is 4.63. The molecule has 1 aromatic heterocycles.